The Kier molecular flexibility index (Phi) is 7.37. The molecule has 26 heavy (non-hydrogen) atoms. The van der Waals surface area contributed by atoms with Crippen LogP contribution in [-0.2, 0) is 35.6 Å². The molecule has 0 aliphatic carbocycles. The molecule has 0 fully saturated rings. The first-order valence-electron chi connectivity index (χ1n) is 8.78. The maximum absolute atomic E-state index is 12.2. The summed E-state index contributed by atoms with van der Waals surface area (Å²) >= 11 is 0. The molecule has 0 bridgehead atoms. The van der Waals surface area contributed by atoms with Gasteiger partial charge in [-0.2, -0.15) is 10.4 Å². The Labute approximate surface area is 154 Å². The number of rotatable bonds is 9. The summed E-state index contributed by atoms with van der Waals surface area (Å²) in [5.74, 6) is 0.0192. The SMILES string of the molecule is COCc1cccc(CNC(=O)CCc2c(C)nn(CCC#N)c2C)c1. The molecule has 0 radical (unpaired) electrons. The van der Waals surface area contributed by atoms with Crippen molar-refractivity contribution in [2.45, 2.75) is 52.8 Å². The molecule has 2 rings (SSSR count). The van der Waals surface area contributed by atoms with Crippen LogP contribution in [0.15, 0.2) is 24.3 Å². The summed E-state index contributed by atoms with van der Waals surface area (Å²) in [5, 5.41) is 16.2. The number of hydrogen-bond acceptors (Lipinski definition) is 4. The maximum atomic E-state index is 12.2. The van der Waals surface area contributed by atoms with Gasteiger partial charge in [0.05, 0.1) is 31.3 Å². The molecule has 1 aromatic carbocycles. The van der Waals surface area contributed by atoms with E-state index in [4.69, 9.17) is 10.00 Å². The van der Waals surface area contributed by atoms with Crippen LogP contribution >= 0.6 is 0 Å². The van der Waals surface area contributed by atoms with E-state index in [9.17, 15) is 4.79 Å². The van der Waals surface area contributed by atoms with Crippen molar-refractivity contribution in [2.24, 2.45) is 0 Å². The van der Waals surface area contributed by atoms with Crippen LogP contribution in [0.2, 0.25) is 0 Å². The summed E-state index contributed by atoms with van der Waals surface area (Å²) < 4.78 is 6.99. The normalized spacial score (nSPS) is 10.5. The van der Waals surface area contributed by atoms with E-state index in [1.807, 2.05) is 42.8 Å². The highest BCUT2D eigenvalue weighted by Crippen LogP contribution is 2.15. The second kappa shape index (κ2) is 9.73. The van der Waals surface area contributed by atoms with Crippen LogP contribution in [0.25, 0.3) is 0 Å². The van der Waals surface area contributed by atoms with E-state index in [-0.39, 0.29) is 5.91 Å². The predicted octanol–water partition coefficient (Wildman–Crippen LogP) is 2.81. The molecule has 0 aliphatic rings. The van der Waals surface area contributed by atoms with Gasteiger partial charge in [-0.3, -0.25) is 9.48 Å². The molecule has 1 aromatic heterocycles. The van der Waals surface area contributed by atoms with Gasteiger partial charge < -0.3 is 10.1 Å². The number of methoxy groups -OCH3 is 1. The molecule has 1 amide bonds. The highest BCUT2D eigenvalue weighted by Gasteiger charge is 2.13. The number of benzene rings is 1. The van der Waals surface area contributed by atoms with E-state index >= 15 is 0 Å². The van der Waals surface area contributed by atoms with Gasteiger partial charge in [0.1, 0.15) is 0 Å². The molecule has 1 heterocycles. The fourth-order valence-electron chi connectivity index (χ4n) is 2.99. The Bertz CT molecular complexity index is 790. The van der Waals surface area contributed by atoms with Crippen LogP contribution in [0.3, 0.4) is 0 Å². The monoisotopic (exact) mass is 354 g/mol. The number of hydrogen-bond donors (Lipinski definition) is 1. The van der Waals surface area contributed by atoms with Crippen LogP contribution in [0, 0.1) is 25.2 Å². The molecule has 6 nitrogen and oxygen atoms in total. The van der Waals surface area contributed by atoms with E-state index in [1.54, 1.807) is 7.11 Å². The molecule has 2 aromatic rings. The predicted molar refractivity (Wildman–Crippen MR) is 99.3 cm³/mol. The first kappa shape index (κ1) is 19.7. The lowest BCUT2D eigenvalue weighted by atomic mass is 10.1. The summed E-state index contributed by atoms with van der Waals surface area (Å²) in [6.07, 6.45) is 1.51. The summed E-state index contributed by atoms with van der Waals surface area (Å²) in [7, 11) is 1.67. The number of nitriles is 1. The van der Waals surface area contributed by atoms with Crippen molar-refractivity contribution in [1.29, 1.82) is 5.26 Å². The minimum absolute atomic E-state index is 0.0192. The number of aromatic nitrogens is 2. The van der Waals surface area contributed by atoms with Crippen LogP contribution in [0.1, 0.15) is 40.9 Å². The van der Waals surface area contributed by atoms with Gasteiger partial charge in [0, 0.05) is 25.8 Å². The molecule has 0 spiro atoms. The molecule has 0 atom stereocenters. The molecule has 0 unspecified atom stereocenters. The summed E-state index contributed by atoms with van der Waals surface area (Å²) in [6, 6.07) is 10.1. The van der Waals surface area contributed by atoms with E-state index in [0.29, 0.717) is 39.0 Å². The highest BCUT2D eigenvalue weighted by atomic mass is 16.5. The van der Waals surface area contributed by atoms with Crippen molar-refractivity contribution in [1.82, 2.24) is 15.1 Å². The van der Waals surface area contributed by atoms with Crippen molar-refractivity contribution in [2.75, 3.05) is 7.11 Å². The number of carbonyl (C=O) groups excluding carboxylic acids is 1. The number of aryl methyl sites for hydroxylation is 2. The fourth-order valence-corrected chi connectivity index (χ4v) is 2.99. The fraction of sp³-hybridized carbons (Fsp3) is 0.450. The van der Waals surface area contributed by atoms with Crippen molar-refractivity contribution in [3.05, 3.63) is 52.3 Å². The van der Waals surface area contributed by atoms with Crippen LogP contribution in [0.5, 0.6) is 0 Å². The Morgan fingerprint density at radius 1 is 1.35 bits per heavy atom. The van der Waals surface area contributed by atoms with Crippen molar-refractivity contribution in [3.63, 3.8) is 0 Å². The minimum Gasteiger partial charge on any atom is -0.380 e. The van der Waals surface area contributed by atoms with Gasteiger partial charge >= 0.3 is 0 Å². The lowest BCUT2D eigenvalue weighted by molar-refractivity contribution is -0.121. The van der Waals surface area contributed by atoms with E-state index in [1.165, 1.54) is 0 Å². The zero-order valence-electron chi connectivity index (χ0n) is 15.7. The van der Waals surface area contributed by atoms with Crippen LogP contribution in [0.4, 0.5) is 0 Å². The zero-order chi connectivity index (χ0) is 18.9. The zero-order valence-corrected chi connectivity index (χ0v) is 15.7. The minimum atomic E-state index is 0.0192. The Morgan fingerprint density at radius 3 is 2.85 bits per heavy atom. The third kappa shape index (κ3) is 5.43. The first-order chi connectivity index (χ1) is 12.5. The lowest BCUT2D eigenvalue weighted by Crippen LogP contribution is -2.23. The van der Waals surface area contributed by atoms with Gasteiger partial charge in [0.15, 0.2) is 0 Å². The largest absolute Gasteiger partial charge is 0.380 e. The van der Waals surface area contributed by atoms with Gasteiger partial charge in [0.25, 0.3) is 0 Å². The number of carbonyl (C=O) groups is 1. The van der Waals surface area contributed by atoms with Crippen molar-refractivity contribution in [3.8, 4) is 6.07 Å². The first-order valence-corrected chi connectivity index (χ1v) is 8.78. The molecule has 1 N–H and O–H groups in total. The molecular weight excluding hydrogens is 328 g/mol. The number of nitrogens with zero attached hydrogens (tertiary/aromatic N) is 3. The second-order valence-corrected chi connectivity index (χ2v) is 6.31. The topological polar surface area (TPSA) is 79.9 Å². The number of amides is 1. The summed E-state index contributed by atoms with van der Waals surface area (Å²) in [5.41, 5.74) is 5.22. The Balaban J connectivity index is 1.86. The van der Waals surface area contributed by atoms with E-state index in [2.05, 4.69) is 16.5 Å². The van der Waals surface area contributed by atoms with Crippen molar-refractivity contribution < 1.29 is 9.53 Å². The van der Waals surface area contributed by atoms with Crippen LogP contribution in [-0.4, -0.2) is 22.8 Å². The van der Waals surface area contributed by atoms with Crippen LogP contribution < -0.4 is 5.32 Å². The van der Waals surface area contributed by atoms with Gasteiger partial charge in [-0.05, 0) is 37.0 Å². The van der Waals surface area contributed by atoms with Gasteiger partial charge in [0.2, 0.25) is 5.91 Å². The third-order valence-electron chi connectivity index (χ3n) is 4.36. The molecule has 0 saturated heterocycles. The van der Waals surface area contributed by atoms with E-state index < -0.39 is 0 Å². The standard InChI is InChI=1S/C20H26N4O2/c1-15-19(16(2)24(23-15)11-5-10-21)8-9-20(25)22-13-17-6-4-7-18(12-17)14-26-3/h4,6-7,12H,5,8-9,11,13-14H2,1-3H3,(H,22,25). The average molecular weight is 354 g/mol. The third-order valence-corrected chi connectivity index (χ3v) is 4.36. The molecule has 6 heteroatoms. The molecule has 138 valence electrons. The highest BCUT2D eigenvalue weighted by molar-refractivity contribution is 5.76. The number of ether oxygens (including phenoxy) is 1. The van der Waals surface area contributed by atoms with E-state index in [0.717, 1.165) is 28.1 Å². The quantitative estimate of drug-likeness (QED) is 0.751. The Morgan fingerprint density at radius 2 is 2.12 bits per heavy atom. The molecular formula is C20H26N4O2. The summed E-state index contributed by atoms with van der Waals surface area (Å²) in [6.45, 7) is 5.61. The average Bonchev–Trinajstić information content (AvgIpc) is 2.90. The number of nitrogens with one attached hydrogen (secondary N) is 1. The van der Waals surface area contributed by atoms with Crippen molar-refractivity contribution >= 4 is 5.91 Å². The smallest absolute Gasteiger partial charge is 0.220 e. The maximum Gasteiger partial charge on any atom is 0.220 e. The van der Waals surface area contributed by atoms with Gasteiger partial charge in [-0.15, -0.1) is 0 Å². The summed E-state index contributed by atoms with van der Waals surface area (Å²) in [4.78, 5) is 12.2. The second-order valence-electron chi connectivity index (χ2n) is 6.31. The lowest BCUT2D eigenvalue weighted by Gasteiger charge is -2.08. The van der Waals surface area contributed by atoms with Gasteiger partial charge in [-0.25, -0.2) is 0 Å². The molecule has 0 aliphatic heterocycles. The Hall–Kier alpha value is -2.65. The molecule has 0 saturated carbocycles. The van der Waals surface area contributed by atoms with Gasteiger partial charge in [-0.1, -0.05) is 24.3 Å².